The molecule has 1 heterocycles. The van der Waals surface area contributed by atoms with E-state index in [2.05, 4.69) is 5.32 Å². The molecule has 1 aliphatic rings. The van der Waals surface area contributed by atoms with Crippen LogP contribution in [0, 0.1) is 5.82 Å². The molecule has 1 N–H and O–H groups in total. The summed E-state index contributed by atoms with van der Waals surface area (Å²) >= 11 is 0. The van der Waals surface area contributed by atoms with Crippen LogP contribution < -0.4 is 5.32 Å². The fraction of sp³-hybridized carbons (Fsp3) is 0.375. The molecular formula is C16H18FNO2. The summed E-state index contributed by atoms with van der Waals surface area (Å²) in [6.07, 6.45) is 4.30. The monoisotopic (exact) mass is 275 g/mol. The standard InChI is InChI=1S/C16H18FNO2/c17-16-4-2-1-3-13(16)10-19-11-15-7-12(9-20-15)8-18-14-5-6-14/h1-4,7,9,14,18H,5-6,8,10-11H2. The Morgan fingerprint density at radius 1 is 1.25 bits per heavy atom. The van der Waals surface area contributed by atoms with Crippen LogP contribution in [-0.4, -0.2) is 6.04 Å². The minimum atomic E-state index is -0.235. The number of hydrogen-bond donors (Lipinski definition) is 1. The first-order valence-electron chi connectivity index (χ1n) is 6.92. The molecule has 0 aliphatic heterocycles. The summed E-state index contributed by atoms with van der Waals surface area (Å²) in [4.78, 5) is 0. The van der Waals surface area contributed by atoms with Gasteiger partial charge in [-0.25, -0.2) is 4.39 Å². The highest BCUT2D eigenvalue weighted by Crippen LogP contribution is 2.20. The topological polar surface area (TPSA) is 34.4 Å². The van der Waals surface area contributed by atoms with Crippen molar-refractivity contribution in [3.05, 3.63) is 59.3 Å². The number of nitrogens with one attached hydrogen (secondary N) is 1. The lowest BCUT2D eigenvalue weighted by atomic mass is 10.2. The molecule has 0 unspecified atom stereocenters. The Morgan fingerprint density at radius 2 is 2.10 bits per heavy atom. The lowest BCUT2D eigenvalue weighted by Crippen LogP contribution is -2.14. The molecule has 0 spiro atoms. The summed E-state index contributed by atoms with van der Waals surface area (Å²) in [5.41, 5.74) is 1.69. The van der Waals surface area contributed by atoms with Gasteiger partial charge in [0.15, 0.2) is 0 Å². The zero-order valence-corrected chi connectivity index (χ0v) is 11.3. The second kappa shape index (κ2) is 6.20. The second-order valence-corrected chi connectivity index (χ2v) is 5.16. The summed E-state index contributed by atoms with van der Waals surface area (Å²) in [7, 11) is 0. The van der Waals surface area contributed by atoms with Gasteiger partial charge in [0.2, 0.25) is 0 Å². The van der Waals surface area contributed by atoms with Gasteiger partial charge in [-0.05, 0) is 25.0 Å². The van der Waals surface area contributed by atoms with Crippen molar-refractivity contribution >= 4 is 0 Å². The Kier molecular flexibility index (Phi) is 4.14. The summed E-state index contributed by atoms with van der Waals surface area (Å²) in [5, 5.41) is 3.43. The minimum absolute atomic E-state index is 0.235. The highest BCUT2D eigenvalue weighted by Gasteiger charge is 2.20. The van der Waals surface area contributed by atoms with Gasteiger partial charge in [-0.1, -0.05) is 18.2 Å². The van der Waals surface area contributed by atoms with Crippen molar-refractivity contribution < 1.29 is 13.5 Å². The van der Waals surface area contributed by atoms with Crippen LogP contribution in [0.5, 0.6) is 0 Å². The van der Waals surface area contributed by atoms with Gasteiger partial charge in [0.05, 0.1) is 12.9 Å². The first-order chi connectivity index (χ1) is 9.81. The lowest BCUT2D eigenvalue weighted by molar-refractivity contribution is 0.0909. The molecule has 3 nitrogen and oxygen atoms in total. The van der Waals surface area contributed by atoms with Crippen LogP contribution >= 0.6 is 0 Å². The van der Waals surface area contributed by atoms with Crippen molar-refractivity contribution in [2.45, 2.75) is 38.6 Å². The number of rotatable bonds is 7. The third-order valence-electron chi connectivity index (χ3n) is 3.34. The zero-order chi connectivity index (χ0) is 13.8. The first-order valence-corrected chi connectivity index (χ1v) is 6.92. The summed E-state index contributed by atoms with van der Waals surface area (Å²) in [5.74, 6) is 0.537. The van der Waals surface area contributed by atoms with Crippen molar-refractivity contribution in [3.63, 3.8) is 0 Å². The molecule has 1 saturated carbocycles. The van der Waals surface area contributed by atoms with E-state index in [1.165, 1.54) is 18.9 Å². The molecule has 0 atom stereocenters. The molecule has 20 heavy (non-hydrogen) atoms. The summed E-state index contributed by atoms with van der Waals surface area (Å²) < 4.78 is 24.3. The predicted molar refractivity (Wildman–Crippen MR) is 73.5 cm³/mol. The van der Waals surface area contributed by atoms with E-state index in [1.807, 2.05) is 6.07 Å². The van der Waals surface area contributed by atoms with Gasteiger partial charge >= 0.3 is 0 Å². The van der Waals surface area contributed by atoms with E-state index in [1.54, 1.807) is 24.5 Å². The van der Waals surface area contributed by atoms with Crippen LogP contribution in [0.4, 0.5) is 4.39 Å². The van der Waals surface area contributed by atoms with Crippen LogP contribution in [0.2, 0.25) is 0 Å². The fourth-order valence-electron chi connectivity index (χ4n) is 2.02. The Hall–Kier alpha value is -1.65. The largest absolute Gasteiger partial charge is 0.467 e. The van der Waals surface area contributed by atoms with Gasteiger partial charge in [-0.2, -0.15) is 0 Å². The van der Waals surface area contributed by atoms with Gasteiger partial charge in [-0.15, -0.1) is 0 Å². The third kappa shape index (κ3) is 3.68. The van der Waals surface area contributed by atoms with E-state index in [4.69, 9.17) is 9.15 Å². The van der Waals surface area contributed by atoms with E-state index in [-0.39, 0.29) is 12.4 Å². The maximum atomic E-state index is 13.4. The first kappa shape index (κ1) is 13.3. The number of furan rings is 1. The molecule has 106 valence electrons. The maximum absolute atomic E-state index is 13.4. The smallest absolute Gasteiger partial charge is 0.129 e. The number of hydrogen-bond acceptors (Lipinski definition) is 3. The maximum Gasteiger partial charge on any atom is 0.129 e. The molecule has 1 aliphatic carbocycles. The van der Waals surface area contributed by atoms with Crippen LogP contribution in [-0.2, 0) is 24.5 Å². The van der Waals surface area contributed by atoms with E-state index < -0.39 is 0 Å². The highest BCUT2D eigenvalue weighted by molar-refractivity contribution is 5.16. The molecule has 0 amide bonds. The molecule has 1 aromatic carbocycles. The number of ether oxygens (including phenoxy) is 1. The lowest BCUT2D eigenvalue weighted by Gasteiger charge is -2.03. The quantitative estimate of drug-likeness (QED) is 0.841. The normalized spacial score (nSPS) is 14.7. The molecule has 2 aromatic rings. The van der Waals surface area contributed by atoms with E-state index >= 15 is 0 Å². The zero-order valence-electron chi connectivity index (χ0n) is 11.3. The average molecular weight is 275 g/mol. The molecule has 3 rings (SSSR count). The fourth-order valence-corrected chi connectivity index (χ4v) is 2.02. The van der Waals surface area contributed by atoms with Gasteiger partial charge in [0, 0.05) is 23.7 Å². The molecule has 1 aromatic heterocycles. The number of halogens is 1. The summed E-state index contributed by atoms with van der Waals surface area (Å²) in [6.45, 7) is 1.45. The van der Waals surface area contributed by atoms with Gasteiger partial charge in [-0.3, -0.25) is 0 Å². The summed E-state index contributed by atoms with van der Waals surface area (Å²) in [6, 6.07) is 9.30. The van der Waals surface area contributed by atoms with Gasteiger partial charge < -0.3 is 14.5 Å². The predicted octanol–water partition coefficient (Wildman–Crippen LogP) is 3.39. The highest BCUT2D eigenvalue weighted by atomic mass is 19.1. The average Bonchev–Trinajstić information content (AvgIpc) is 3.18. The van der Waals surface area contributed by atoms with E-state index in [9.17, 15) is 4.39 Å². The molecule has 0 radical (unpaired) electrons. The Morgan fingerprint density at radius 3 is 2.90 bits per heavy atom. The number of benzene rings is 1. The molecule has 1 fully saturated rings. The van der Waals surface area contributed by atoms with Crippen molar-refractivity contribution in [1.82, 2.24) is 5.32 Å². The van der Waals surface area contributed by atoms with Crippen molar-refractivity contribution in [1.29, 1.82) is 0 Å². The molecule has 0 saturated heterocycles. The van der Waals surface area contributed by atoms with Crippen LogP contribution in [0.25, 0.3) is 0 Å². The van der Waals surface area contributed by atoms with Crippen molar-refractivity contribution in [2.75, 3.05) is 0 Å². The molecule has 4 heteroatoms. The van der Waals surface area contributed by atoms with Gasteiger partial charge in [0.25, 0.3) is 0 Å². The van der Waals surface area contributed by atoms with Crippen LogP contribution in [0.1, 0.15) is 29.7 Å². The van der Waals surface area contributed by atoms with Crippen molar-refractivity contribution in [3.8, 4) is 0 Å². The van der Waals surface area contributed by atoms with Crippen LogP contribution in [0.15, 0.2) is 41.0 Å². The third-order valence-corrected chi connectivity index (χ3v) is 3.34. The van der Waals surface area contributed by atoms with E-state index in [0.717, 1.165) is 17.9 Å². The Labute approximate surface area is 117 Å². The second-order valence-electron chi connectivity index (χ2n) is 5.16. The molecule has 0 bridgehead atoms. The van der Waals surface area contributed by atoms with Crippen LogP contribution in [0.3, 0.4) is 0 Å². The SMILES string of the molecule is Fc1ccccc1COCc1cc(CNC2CC2)co1. The Bertz CT molecular complexity index is 563. The minimum Gasteiger partial charge on any atom is -0.467 e. The van der Waals surface area contributed by atoms with E-state index in [0.29, 0.717) is 18.2 Å². The molecular weight excluding hydrogens is 257 g/mol. The van der Waals surface area contributed by atoms with Gasteiger partial charge in [0.1, 0.15) is 18.2 Å². The Balaban J connectivity index is 1.45. The van der Waals surface area contributed by atoms with Crippen molar-refractivity contribution in [2.24, 2.45) is 0 Å².